The number of benzene rings is 1. The average molecular weight is 357 g/mol. The van der Waals surface area contributed by atoms with Crippen LogP contribution in [0.3, 0.4) is 0 Å². The maximum Gasteiger partial charge on any atom is 0.240 e. The number of anilines is 1. The molecule has 7 nitrogen and oxygen atoms in total. The van der Waals surface area contributed by atoms with Crippen molar-refractivity contribution in [2.24, 2.45) is 0 Å². The SMILES string of the molecule is CS(=O)(=O)C1CN(Cc2ccc(-c3cccn4nc(N)nc34)cc2)C1. The average Bonchev–Trinajstić information content (AvgIpc) is 2.90. The molecule has 0 unspecified atom stereocenters. The smallest absolute Gasteiger partial charge is 0.240 e. The molecule has 25 heavy (non-hydrogen) atoms. The lowest BCUT2D eigenvalue weighted by Gasteiger charge is -2.37. The van der Waals surface area contributed by atoms with Crippen LogP contribution in [0, 0.1) is 0 Å². The van der Waals surface area contributed by atoms with Crippen molar-refractivity contribution in [3.8, 4) is 11.1 Å². The van der Waals surface area contributed by atoms with Gasteiger partial charge in [-0.2, -0.15) is 4.98 Å². The standard InChI is InChI=1S/C17H19N5O2S/c1-25(23,24)14-10-21(11-14)9-12-4-6-13(7-5-12)15-3-2-8-22-16(15)19-17(18)20-22/h2-8,14H,9-11H2,1H3,(H2,18,20). The van der Waals surface area contributed by atoms with E-state index in [1.807, 2.05) is 30.5 Å². The van der Waals surface area contributed by atoms with E-state index in [2.05, 4.69) is 27.1 Å². The monoisotopic (exact) mass is 357 g/mol. The van der Waals surface area contributed by atoms with Crippen molar-refractivity contribution >= 4 is 21.4 Å². The largest absolute Gasteiger partial charge is 0.366 e. The molecule has 1 saturated heterocycles. The van der Waals surface area contributed by atoms with Crippen LogP contribution in [0.2, 0.25) is 0 Å². The lowest BCUT2D eigenvalue weighted by molar-refractivity contribution is 0.176. The molecule has 1 aromatic carbocycles. The van der Waals surface area contributed by atoms with Crippen LogP contribution in [-0.2, 0) is 16.4 Å². The van der Waals surface area contributed by atoms with Gasteiger partial charge in [0.1, 0.15) is 0 Å². The Bertz CT molecular complexity index is 1020. The summed E-state index contributed by atoms with van der Waals surface area (Å²) < 4.78 is 24.6. The molecule has 0 spiro atoms. The third-order valence-electron chi connectivity index (χ3n) is 4.58. The van der Waals surface area contributed by atoms with Crippen LogP contribution in [0.4, 0.5) is 5.95 Å². The van der Waals surface area contributed by atoms with Gasteiger partial charge in [0.2, 0.25) is 5.95 Å². The number of hydrogen-bond donors (Lipinski definition) is 1. The fourth-order valence-electron chi connectivity index (χ4n) is 3.12. The van der Waals surface area contributed by atoms with Crippen LogP contribution in [0.25, 0.3) is 16.8 Å². The Morgan fingerprint density at radius 2 is 1.92 bits per heavy atom. The summed E-state index contributed by atoms with van der Waals surface area (Å²) in [6.45, 7) is 1.98. The van der Waals surface area contributed by atoms with Gasteiger partial charge in [0, 0.05) is 37.7 Å². The molecule has 3 aromatic rings. The Morgan fingerprint density at radius 3 is 2.60 bits per heavy atom. The Labute approximate surface area is 146 Å². The van der Waals surface area contributed by atoms with Crippen molar-refractivity contribution in [3.63, 3.8) is 0 Å². The van der Waals surface area contributed by atoms with Crippen LogP contribution < -0.4 is 5.73 Å². The first kappa shape index (κ1) is 16.0. The molecule has 0 bridgehead atoms. The predicted octanol–water partition coefficient (Wildman–Crippen LogP) is 1.21. The summed E-state index contributed by atoms with van der Waals surface area (Å²) in [5.74, 6) is 0.252. The normalized spacial score (nSPS) is 16.2. The summed E-state index contributed by atoms with van der Waals surface area (Å²) in [5.41, 5.74) is 9.59. The van der Waals surface area contributed by atoms with Crippen LogP contribution in [0.5, 0.6) is 0 Å². The zero-order chi connectivity index (χ0) is 17.6. The molecule has 2 aromatic heterocycles. The summed E-state index contributed by atoms with van der Waals surface area (Å²) in [5, 5.41) is 3.91. The first-order valence-electron chi connectivity index (χ1n) is 8.01. The van der Waals surface area contributed by atoms with Gasteiger partial charge in [-0.15, -0.1) is 5.10 Å². The number of hydrogen-bond acceptors (Lipinski definition) is 6. The van der Waals surface area contributed by atoms with E-state index in [0.717, 1.165) is 28.9 Å². The highest BCUT2D eigenvalue weighted by molar-refractivity contribution is 7.91. The second-order valence-corrected chi connectivity index (χ2v) is 8.83. The lowest BCUT2D eigenvalue weighted by atomic mass is 10.0. The fourth-order valence-corrected chi connectivity index (χ4v) is 4.08. The summed E-state index contributed by atoms with van der Waals surface area (Å²) >= 11 is 0. The van der Waals surface area contributed by atoms with Crippen molar-refractivity contribution in [1.82, 2.24) is 19.5 Å². The molecule has 1 aliphatic heterocycles. The zero-order valence-corrected chi connectivity index (χ0v) is 14.6. The highest BCUT2D eigenvalue weighted by atomic mass is 32.2. The predicted molar refractivity (Wildman–Crippen MR) is 96.7 cm³/mol. The number of sulfone groups is 1. The van der Waals surface area contributed by atoms with Gasteiger partial charge in [-0.25, -0.2) is 12.9 Å². The van der Waals surface area contributed by atoms with Gasteiger partial charge in [0.05, 0.1) is 5.25 Å². The molecule has 4 rings (SSSR count). The summed E-state index contributed by atoms with van der Waals surface area (Å²) in [7, 11) is -2.92. The molecule has 0 radical (unpaired) electrons. The van der Waals surface area contributed by atoms with E-state index in [1.165, 1.54) is 6.26 Å². The second-order valence-electron chi connectivity index (χ2n) is 6.50. The number of likely N-dealkylation sites (tertiary alicyclic amines) is 1. The summed E-state index contributed by atoms with van der Waals surface area (Å²) in [6.07, 6.45) is 3.13. The van der Waals surface area contributed by atoms with Gasteiger partial charge < -0.3 is 5.73 Å². The molecule has 3 heterocycles. The Morgan fingerprint density at radius 1 is 1.20 bits per heavy atom. The van der Waals surface area contributed by atoms with Gasteiger partial charge in [-0.05, 0) is 23.3 Å². The van der Waals surface area contributed by atoms with Crippen molar-refractivity contribution in [1.29, 1.82) is 0 Å². The first-order valence-corrected chi connectivity index (χ1v) is 9.97. The van der Waals surface area contributed by atoms with Crippen molar-refractivity contribution < 1.29 is 8.42 Å². The van der Waals surface area contributed by atoms with Crippen molar-refractivity contribution in [2.45, 2.75) is 11.8 Å². The van der Waals surface area contributed by atoms with Crippen molar-refractivity contribution in [3.05, 3.63) is 48.2 Å². The van der Waals surface area contributed by atoms with E-state index in [0.29, 0.717) is 13.1 Å². The van der Waals surface area contributed by atoms with Crippen molar-refractivity contribution in [2.75, 3.05) is 25.1 Å². The molecule has 0 saturated carbocycles. The lowest BCUT2D eigenvalue weighted by Crippen LogP contribution is -2.53. The minimum absolute atomic E-state index is 0.220. The quantitative estimate of drug-likeness (QED) is 0.754. The van der Waals surface area contributed by atoms with Crippen LogP contribution >= 0.6 is 0 Å². The van der Waals surface area contributed by atoms with E-state index in [-0.39, 0.29) is 11.2 Å². The van der Waals surface area contributed by atoms with Gasteiger partial charge in [-0.1, -0.05) is 24.3 Å². The van der Waals surface area contributed by atoms with E-state index >= 15 is 0 Å². The minimum Gasteiger partial charge on any atom is -0.366 e. The maximum absolute atomic E-state index is 11.5. The molecular formula is C17H19N5O2S. The fraction of sp³-hybridized carbons (Fsp3) is 0.294. The Kier molecular flexibility index (Phi) is 3.73. The summed E-state index contributed by atoms with van der Waals surface area (Å²) in [4.78, 5) is 6.42. The number of nitrogen functional groups attached to an aromatic ring is 1. The maximum atomic E-state index is 11.5. The molecule has 0 aliphatic carbocycles. The highest BCUT2D eigenvalue weighted by Crippen LogP contribution is 2.25. The first-order chi connectivity index (χ1) is 11.9. The number of aromatic nitrogens is 3. The Balaban J connectivity index is 1.51. The van der Waals surface area contributed by atoms with Gasteiger partial charge in [0.15, 0.2) is 15.5 Å². The number of nitrogens with zero attached hydrogens (tertiary/aromatic N) is 4. The number of pyridine rings is 1. The van der Waals surface area contributed by atoms with E-state index in [9.17, 15) is 8.42 Å². The summed E-state index contributed by atoms with van der Waals surface area (Å²) in [6, 6.07) is 12.1. The van der Waals surface area contributed by atoms with Gasteiger partial charge in [-0.3, -0.25) is 4.90 Å². The molecule has 8 heteroatoms. The molecule has 1 aliphatic rings. The van der Waals surface area contributed by atoms with E-state index in [4.69, 9.17) is 5.73 Å². The number of rotatable bonds is 4. The third-order valence-corrected chi connectivity index (χ3v) is 6.09. The highest BCUT2D eigenvalue weighted by Gasteiger charge is 2.34. The van der Waals surface area contributed by atoms with E-state index in [1.54, 1.807) is 4.52 Å². The van der Waals surface area contributed by atoms with E-state index < -0.39 is 9.84 Å². The number of fused-ring (bicyclic) bond motifs is 1. The molecule has 130 valence electrons. The Hall–Kier alpha value is -2.45. The van der Waals surface area contributed by atoms with Gasteiger partial charge >= 0.3 is 0 Å². The molecular weight excluding hydrogens is 338 g/mol. The second kappa shape index (κ2) is 5.82. The van der Waals surface area contributed by atoms with Crippen LogP contribution in [-0.4, -0.2) is 52.5 Å². The number of nitrogens with two attached hydrogens (primary N) is 1. The molecule has 2 N–H and O–H groups in total. The van der Waals surface area contributed by atoms with Gasteiger partial charge in [0.25, 0.3) is 0 Å². The third kappa shape index (κ3) is 3.10. The topological polar surface area (TPSA) is 93.6 Å². The van der Waals surface area contributed by atoms with Crippen LogP contribution in [0.1, 0.15) is 5.56 Å². The molecule has 1 fully saturated rings. The minimum atomic E-state index is -2.92. The zero-order valence-electron chi connectivity index (χ0n) is 13.8. The molecule has 0 amide bonds. The van der Waals surface area contributed by atoms with Crippen LogP contribution in [0.15, 0.2) is 42.6 Å². The molecule has 0 atom stereocenters.